The van der Waals surface area contributed by atoms with Crippen LogP contribution in [0.15, 0.2) is 12.2 Å². The Morgan fingerprint density at radius 3 is 0.887 bits per heavy atom. The van der Waals surface area contributed by atoms with E-state index in [0.29, 0.717) is 25.9 Å². The molecule has 0 radical (unpaired) electrons. The van der Waals surface area contributed by atoms with Gasteiger partial charge in [-0.15, -0.1) is 0 Å². The van der Waals surface area contributed by atoms with Crippen LogP contribution < -0.4 is 5.32 Å². The highest BCUT2D eigenvalue weighted by Crippen LogP contribution is 2.20. The summed E-state index contributed by atoms with van der Waals surface area (Å²) in [4.78, 5) is 24.7. The van der Waals surface area contributed by atoms with Gasteiger partial charge in [0, 0.05) is 12.8 Å². The van der Waals surface area contributed by atoms with Gasteiger partial charge in [0.15, 0.2) is 0 Å². The maximum Gasteiger partial charge on any atom is 0.305 e. The highest BCUT2D eigenvalue weighted by Gasteiger charge is 2.20. The van der Waals surface area contributed by atoms with Crippen molar-refractivity contribution in [1.29, 1.82) is 0 Å². The fourth-order valence-corrected chi connectivity index (χ4v) is 11.9. The molecule has 0 aliphatic rings. The van der Waals surface area contributed by atoms with Gasteiger partial charge in [-0.3, -0.25) is 9.59 Å². The molecule has 80 heavy (non-hydrogen) atoms. The molecule has 0 bridgehead atoms. The van der Waals surface area contributed by atoms with E-state index in [-0.39, 0.29) is 18.5 Å². The summed E-state index contributed by atoms with van der Waals surface area (Å²) in [6, 6.07) is -0.547. The molecule has 6 heteroatoms. The molecule has 0 rings (SSSR count). The Kier molecular flexibility index (Phi) is 68.9. The van der Waals surface area contributed by atoms with Crippen LogP contribution in [0, 0.1) is 0 Å². The Bertz CT molecular complexity index is 1210. The van der Waals surface area contributed by atoms with E-state index in [1.807, 2.05) is 0 Å². The lowest BCUT2D eigenvalue weighted by Gasteiger charge is -2.22. The number of allylic oxidation sites excluding steroid dienone is 2. The van der Waals surface area contributed by atoms with Crippen molar-refractivity contribution in [2.24, 2.45) is 0 Å². The number of hydrogen-bond donors (Lipinski definition) is 3. The van der Waals surface area contributed by atoms with Gasteiger partial charge in [0.2, 0.25) is 5.91 Å². The van der Waals surface area contributed by atoms with E-state index in [1.54, 1.807) is 0 Å². The van der Waals surface area contributed by atoms with Crippen molar-refractivity contribution in [3.8, 4) is 0 Å². The smallest absolute Gasteiger partial charge is 0.305 e. The average Bonchev–Trinajstić information content (AvgIpc) is 3.46. The Hall–Kier alpha value is -1.40. The van der Waals surface area contributed by atoms with Crippen molar-refractivity contribution in [2.75, 3.05) is 13.2 Å². The molecule has 0 aliphatic carbocycles. The van der Waals surface area contributed by atoms with Crippen LogP contribution in [0.3, 0.4) is 0 Å². The summed E-state index contributed by atoms with van der Waals surface area (Å²) in [6.07, 6.45) is 87.0. The lowest BCUT2D eigenvalue weighted by atomic mass is 10.0. The van der Waals surface area contributed by atoms with Crippen LogP contribution in [0.4, 0.5) is 0 Å². The first-order valence-electron chi connectivity index (χ1n) is 36.9. The predicted octanol–water partition coefficient (Wildman–Crippen LogP) is 23.9. The van der Waals surface area contributed by atoms with Crippen LogP contribution in [-0.2, 0) is 14.3 Å². The predicted molar refractivity (Wildman–Crippen MR) is 352 cm³/mol. The molecule has 3 N–H and O–H groups in total. The zero-order valence-corrected chi connectivity index (χ0v) is 54.6. The topological polar surface area (TPSA) is 95.9 Å². The van der Waals surface area contributed by atoms with Crippen molar-refractivity contribution in [2.45, 2.75) is 437 Å². The maximum absolute atomic E-state index is 12.5. The number of nitrogens with one attached hydrogen (secondary N) is 1. The first-order chi connectivity index (χ1) is 39.5. The Balaban J connectivity index is 3.38. The SMILES string of the molecule is CCCCCCCCCCCCCCCCCCCCCCCC(O)C(CO)NC(=O)CCCCCCCCC/C=C\CCCCCCCCCCCCCCOC(=O)CCCCCCCCCCCCCCCCCCCCC. The minimum Gasteiger partial charge on any atom is -0.466 e. The van der Waals surface area contributed by atoms with Crippen molar-refractivity contribution >= 4 is 11.9 Å². The Morgan fingerprint density at radius 1 is 0.338 bits per heavy atom. The van der Waals surface area contributed by atoms with Gasteiger partial charge >= 0.3 is 5.97 Å². The summed E-state index contributed by atoms with van der Waals surface area (Å²) in [7, 11) is 0. The number of carbonyl (C=O) groups excluding carboxylic acids is 2. The van der Waals surface area contributed by atoms with Crippen molar-refractivity contribution in [3.63, 3.8) is 0 Å². The summed E-state index contributed by atoms with van der Waals surface area (Å²) >= 11 is 0. The molecule has 0 saturated carbocycles. The highest BCUT2D eigenvalue weighted by molar-refractivity contribution is 5.76. The summed E-state index contributed by atoms with van der Waals surface area (Å²) in [6.45, 7) is 5.00. The van der Waals surface area contributed by atoms with E-state index >= 15 is 0 Å². The number of aliphatic hydroxyl groups excluding tert-OH is 2. The second kappa shape index (κ2) is 70.1. The fourth-order valence-electron chi connectivity index (χ4n) is 11.9. The normalized spacial score (nSPS) is 12.5. The number of esters is 1. The molecule has 0 aromatic rings. The van der Waals surface area contributed by atoms with Gasteiger partial charge in [0.1, 0.15) is 0 Å². The number of carbonyl (C=O) groups is 2. The van der Waals surface area contributed by atoms with Crippen LogP contribution in [0.1, 0.15) is 425 Å². The molecule has 0 heterocycles. The third kappa shape index (κ3) is 65.7. The summed E-state index contributed by atoms with van der Waals surface area (Å²) in [5.74, 6) is -0.0185. The minimum absolute atomic E-state index is 0.0177. The molecule has 0 aliphatic heterocycles. The maximum atomic E-state index is 12.5. The first kappa shape index (κ1) is 78.6. The molecular formula is C74H145NO5. The standard InChI is InChI=1S/C74H145NO5/c1-3-5-7-9-11-13-15-17-19-21-23-27-31-34-38-42-46-50-54-58-62-66-72(77)71(70-76)75-73(78)67-63-59-55-51-47-43-39-35-32-28-25-24-26-29-33-37-41-45-49-53-57-61-65-69-80-74(79)68-64-60-56-52-48-44-40-36-30-22-20-18-16-14-12-10-8-6-4-2/h28,32,71-72,76-77H,3-27,29-31,33-70H2,1-2H3,(H,75,78)/b32-28-. The molecule has 0 saturated heterocycles. The number of ether oxygens (including phenoxy) is 1. The monoisotopic (exact) mass is 1130 g/mol. The van der Waals surface area contributed by atoms with E-state index < -0.39 is 12.1 Å². The molecule has 0 fully saturated rings. The number of hydrogen-bond acceptors (Lipinski definition) is 5. The number of unbranched alkanes of at least 4 members (excludes halogenated alkanes) is 57. The van der Waals surface area contributed by atoms with Crippen LogP contribution in [-0.4, -0.2) is 47.4 Å². The molecule has 0 spiro atoms. The van der Waals surface area contributed by atoms with Crippen LogP contribution in [0.25, 0.3) is 0 Å². The van der Waals surface area contributed by atoms with Gasteiger partial charge in [-0.05, 0) is 51.4 Å². The van der Waals surface area contributed by atoms with Gasteiger partial charge < -0.3 is 20.3 Å². The third-order valence-corrected chi connectivity index (χ3v) is 17.6. The fraction of sp³-hybridized carbons (Fsp3) is 0.946. The lowest BCUT2D eigenvalue weighted by molar-refractivity contribution is -0.143. The quantitative estimate of drug-likeness (QED) is 0.0320. The van der Waals surface area contributed by atoms with Gasteiger partial charge in [0.25, 0.3) is 0 Å². The van der Waals surface area contributed by atoms with E-state index in [2.05, 4.69) is 31.3 Å². The van der Waals surface area contributed by atoms with E-state index in [0.717, 1.165) is 38.5 Å². The summed E-state index contributed by atoms with van der Waals surface area (Å²) in [5.41, 5.74) is 0. The Labute approximate surface area is 501 Å². The van der Waals surface area contributed by atoms with E-state index in [4.69, 9.17) is 4.74 Å². The van der Waals surface area contributed by atoms with E-state index in [1.165, 1.54) is 353 Å². The van der Waals surface area contributed by atoms with Gasteiger partial charge in [-0.2, -0.15) is 0 Å². The molecule has 6 nitrogen and oxygen atoms in total. The van der Waals surface area contributed by atoms with Gasteiger partial charge in [0.05, 0.1) is 25.4 Å². The second-order valence-corrected chi connectivity index (χ2v) is 25.6. The third-order valence-electron chi connectivity index (χ3n) is 17.6. The van der Waals surface area contributed by atoms with Crippen LogP contribution in [0.5, 0.6) is 0 Å². The van der Waals surface area contributed by atoms with Gasteiger partial charge in [-0.1, -0.05) is 373 Å². The average molecular weight is 1130 g/mol. The summed E-state index contributed by atoms with van der Waals surface area (Å²) < 4.78 is 5.51. The molecule has 1 amide bonds. The number of amides is 1. The van der Waals surface area contributed by atoms with Crippen molar-refractivity contribution in [1.82, 2.24) is 5.32 Å². The molecule has 2 unspecified atom stereocenters. The molecule has 0 aromatic heterocycles. The van der Waals surface area contributed by atoms with E-state index in [9.17, 15) is 19.8 Å². The largest absolute Gasteiger partial charge is 0.466 e. The zero-order valence-electron chi connectivity index (χ0n) is 54.6. The zero-order chi connectivity index (χ0) is 57.8. The first-order valence-corrected chi connectivity index (χ1v) is 36.9. The minimum atomic E-state index is -0.669. The lowest BCUT2D eigenvalue weighted by Crippen LogP contribution is -2.45. The van der Waals surface area contributed by atoms with Crippen LogP contribution in [0.2, 0.25) is 0 Å². The van der Waals surface area contributed by atoms with Crippen molar-refractivity contribution < 1.29 is 24.5 Å². The molecular weight excluding hydrogens is 983 g/mol. The molecule has 0 aromatic carbocycles. The molecule has 476 valence electrons. The second-order valence-electron chi connectivity index (χ2n) is 25.6. The summed E-state index contributed by atoms with van der Waals surface area (Å²) in [5, 5.41) is 23.4. The van der Waals surface area contributed by atoms with Crippen LogP contribution >= 0.6 is 0 Å². The molecule has 2 atom stereocenters. The van der Waals surface area contributed by atoms with Crippen molar-refractivity contribution in [3.05, 3.63) is 12.2 Å². The Morgan fingerprint density at radius 2 is 0.588 bits per heavy atom. The highest BCUT2D eigenvalue weighted by atomic mass is 16.5. The number of aliphatic hydroxyl groups is 2. The van der Waals surface area contributed by atoms with Gasteiger partial charge in [-0.25, -0.2) is 0 Å². The number of rotatable bonds is 70.